The van der Waals surface area contributed by atoms with E-state index in [2.05, 4.69) is 5.10 Å². The molecular formula is C40H52F6N4O5. The van der Waals surface area contributed by atoms with E-state index < -0.39 is 52.4 Å². The SMILES string of the molecule is CC/C(C(=O)OC(C)(C)C)=C(/C1CCC(F)(F)CC1)[C@@H](C)OC[C@@H]1CN(C(=O)c2cnn(Cc3ccc(F)cc3)c2)CC12CN(C(=O)C(C)(C)C(F)(F)F)C2. The maximum Gasteiger partial charge on any atom is 0.402 e. The van der Waals surface area contributed by atoms with Gasteiger partial charge in [-0.3, -0.25) is 14.3 Å². The molecule has 2 saturated heterocycles. The van der Waals surface area contributed by atoms with Crippen LogP contribution in [0.5, 0.6) is 0 Å². The van der Waals surface area contributed by atoms with E-state index in [0.717, 1.165) is 19.4 Å². The van der Waals surface area contributed by atoms with Crippen molar-refractivity contribution in [1.29, 1.82) is 0 Å². The van der Waals surface area contributed by atoms with Crippen LogP contribution in [-0.2, 0) is 25.6 Å². The van der Waals surface area contributed by atoms with E-state index in [4.69, 9.17) is 9.47 Å². The van der Waals surface area contributed by atoms with Crippen LogP contribution in [0.2, 0.25) is 0 Å². The summed E-state index contributed by atoms with van der Waals surface area (Å²) < 4.78 is 97.3. The highest BCUT2D eigenvalue weighted by molar-refractivity contribution is 5.94. The number of amides is 2. The zero-order valence-corrected chi connectivity index (χ0v) is 32.6. The smallest absolute Gasteiger partial charge is 0.402 e. The molecule has 0 bridgehead atoms. The highest BCUT2D eigenvalue weighted by atomic mass is 19.4. The summed E-state index contributed by atoms with van der Waals surface area (Å²) in [6.07, 6.45) is -2.58. The molecule has 1 saturated carbocycles. The number of carbonyl (C=O) groups is 3. The lowest BCUT2D eigenvalue weighted by molar-refractivity contribution is -0.223. The molecule has 2 atom stereocenters. The van der Waals surface area contributed by atoms with Crippen LogP contribution in [0.1, 0.15) is 96.5 Å². The van der Waals surface area contributed by atoms with E-state index in [1.807, 2.05) is 0 Å². The van der Waals surface area contributed by atoms with Crippen LogP contribution in [0.4, 0.5) is 26.3 Å². The minimum absolute atomic E-state index is 0.0250. The fraction of sp³-hybridized carbons (Fsp3) is 0.650. The largest absolute Gasteiger partial charge is 0.457 e. The summed E-state index contributed by atoms with van der Waals surface area (Å²) in [7, 11) is 0. The monoisotopic (exact) mass is 782 g/mol. The number of esters is 1. The van der Waals surface area contributed by atoms with Crippen LogP contribution in [0, 0.1) is 28.5 Å². The molecule has 2 aromatic rings. The Kier molecular flexibility index (Phi) is 12.0. The predicted octanol–water partition coefficient (Wildman–Crippen LogP) is 7.84. The van der Waals surface area contributed by atoms with Crippen molar-refractivity contribution in [3.05, 3.63) is 64.7 Å². The van der Waals surface area contributed by atoms with Crippen molar-refractivity contribution in [3.63, 3.8) is 0 Å². The number of carbonyl (C=O) groups excluding carboxylic acids is 3. The molecule has 2 amide bonds. The first-order valence-corrected chi connectivity index (χ1v) is 18.8. The minimum atomic E-state index is -4.77. The average molecular weight is 783 g/mol. The summed E-state index contributed by atoms with van der Waals surface area (Å²) in [5, 5.41) is 4.30. The molecule has 0 unspecified atom stereocenters. The molecule has 1 aliphatic carbocycles. The molecule has 0 radical (unpaired) electrons. The number of alkyl halides is 5. The third kappa shape index (κ3) is 9.40. The van der Waals surface area contributed by atoms with Gasteiger partial charge in [0.15, 0.2) is 0 Å². The summed E-state index contributed by atoms with van der Waals surface area (Å²) >= 11 is 0. The molecular weight excluding hydrogens is 730 g/mol. The van der Waals surface area contributed by atoms with Crippen molar-refractivity contribution < 1.29 is 50.2 Å². The lowest BCUT2D eigenvalue weighted by atomic mass is 9.70. The second kappa shape index (κ2) is 15.6. The maximum atomic E-state index is 14.3. The Morgan fingerprint density at radius 1 is 0.964 bits per heavy atom. The van der Waals surface area contributed by atoms with Crippen LogP contribution >= 0.6 is 0 Å². The zero-order valence-electron chi connectivity index (χ0n) is 32.6. The number of nitrogens with zero attached hydrogens (tertiary/aromatic N) is 4. The summed E-state index contributed by atoms with van der Waals surface area (Å²) in [6.45, 7) is 11.0. The Balaban J connectivity index is 1.39. The van der Waals surface area contributed by atoms with E-state index in [1.165, 1.54) is 23.2 Å². The predicted molar refractivity (Wildman–Crippen MR) is 191 cm³/mol. The lowest BCUT2D eigenvalue weighted by Crippen LogP contribution is -2.66. The van der Waals surface area contributed by atoms with Crippen molar-refractivity contribution in [2.24, 2.45) is 22.7 Å². The number of likely N-dealkylation sites (tertiary alicyclic amines) is 2. The van der Waals surface area contributed by atoms with Crippen LogP contribution in [0.15, 0.2) is 47.8 Å². The quantitative estimate of drug-likeness (QED) is 0.131. The number of hydrogen-bond donors (Lipinski definition) is 0. The first-order valence-electron chi connectivity index (χ1n) is 18.8. The van der Waals surface area contributed by atoms with Gasteiger partial charge in [-0.25, -0.2) is 18.0 Å². The van der Waals surface area contributed by atoms with Gasteiger partial charge in [-0.1, -0.05) is 19.1 Å². The van der Waals surface area contributed by atoms with Crippen molar-refractivity contribution >= 4 is 17.8 Å². The highest BCUT2D eigenvalue weighted by Gasteiger charge is 2.61. The van der Waals surface area contributed by atoms with Gasteiger partial charge >= 0.3 is 12.1 Å². The normalized spacial score (nSPS) is 21.3. The average Bonchev–Trinajstić information content (AvgIpc) is 3.70. The molecule has 55 heavy (non-hydrogen) atoms. The Bertz CT molecular complexity index is 1750. The fourth-order valence-electron chi connectivity index (χ4n) is 8.00. The van der Waals surface area contributed by atoms with Gasteiger partial charge < -0.3 is 19.3 Å². The van der Waals surface area contributed by atoms with Crippen molar-refractivity contribution in [3.8, 4) is 0 Å². The fourth-order valence-corrected chi connectivity index (χ4v) is 8.00. The molecule has 2 aliphatic heterocycles. The summed E-state index contributed by atoms with van der Waals surface area (Å²) in [5.74, 6) is -5.93. The van der Waals surface area contributed by atoms with Gasteiger partial charge in [-0.2, -0.15) is 18.3 Å². The molecule has 304 valence electrons. The minimum Gasteiger partial charge on any atom is -0.457 e. The zero-order chi connectivity index (χ0) is 40.7. The van der Waals surface area contributed by atoms with Crippen LogP contribution in [0.3, 0.4) is 0 Å². The molecule has 1 spiro atoms. The Labute approximate surface area is 318 Å². The molecule has 5 rings (SSSR count). The Morgan fingerprint density at radius 2 is 1.56 bits per heavy atom. The van der Waals surface area contributed by atoms with Gasteiger partial charge in [-0.15, -0.1) is 0 Å². The first kappa shape index (κ1) is 42.3. The second-order valence-electron chi connectivity index (χ2n) is 17.0. The summed E-state index contributed by atoms with van der Waals surface area (Å²) in [6, 6.07) is 5.87. The number of halogens is 6. The third-order valence-electron chi connectivity index (χ3n) is 11.3. The highest BCUT2D eigenvalue weighted by Crippen LogP contribution is 2.49. The third-order valence-corrected chi connectivity index (χ3v) is 11.3. The van der Waals surface area contributed by atoms with Crippen LogP contribution < -0.4 is 0 Å². The molecule has 0 N–H and O–H groups in total. The van der Waals surface area contributed by atoms with Crippen molar-refractivity contribution in [2.45, 2.75) is 111 Å². The van der Waals surface area contributed by atoms with E-state index in [9.17, 15) is 40.7 Å². The second-order valence-corrected chi connectivity index (χ2v) is 17.0. The number of hydrogen-bond acceptors (Lipinski definition) is 6. The number of ether oxygens (including phenoxy) is 2. The van der Waals surface area contributed by atoms with E-state index in [1.54, 1.807) is 62.5 Å². The van der Waals surface area contributed by atoms with Crippen LogP contribution in [0.25, 0.3) is 0 Å². The first-order chi connectivity index (χ1) is 25.4. The van der Waals surface area contributed by atoms with E-state index >= 15 is 0 Å². The molecule has 9 nitrogen and oxygen atoms in total. The Hall–Kier alpha value is -3.88. The van der Waals surface area contributed by atoms with Crippen LogP contribution in [-0.4, -0.2) is 94.0 Å². The van der Waals surface area contributed by atoms with Gasteiger partial charge in [0.2, 0.25) is 11.8 Å². The molecule has 3 fully saturated rings. The molecule has 3 heterocycles. The number of benzene rings is 1. The molecule has 1 aromatic heterocycles. The summed E-state index contributed by atoms with van der Waals surface area (Å²) in [5.41, 5.74) is -2.19. The van der Waals surface area contributed by atoms with Crippen molar-refractivity contribution in [2.75, 3.05) is 32.8 Å². The molecule has 1 aromatic carbocycles. The molecule has 3 aliphatic rings. The Morgan fingerprint density at radius 3 is 2.13 bits per heavy atom. The van der Waals surface area contributed by atoms with Gasteiger partial charge in [0, 0.05) is 62.1 Å². The maximum absolute atomic E-state index is 14.3. The number of aromatic nitrogens is 2. The topological polar surface area (TPSA) is 94.0 Å². The lowest BCUT2D eigenvalue weighted by Gasteiger charge is -2.52. The van der Waals surface area contributed by atoms with Gasteiger partial charge in [0.1, 0.15) is 16.8 Å². The van der Waals surface area contributed by atoms with E-state index in [-0.39, 0.29) is 94.6 Å². The van der Waals surface area contributed by atoms with Gasteiger partial charge in [-0.05, 0) is 90.0 Å². The van der Waals surface area contributed by atoms with E-state index in [0.29, 0.717) is 11.1 Å². The standard InChI is InChI=1S/C40H52F6N4O5/c1-8-31(34(52)55-36(3,4)5)32(27-13-15-39(42,43)16-14-27)25(2)54-21-29-20-48(22-38(29)23-49(24-38)35(53)37(6,7)40(44,45)46)33(51)28-17-47-50(19-28)18-26-9-11-30(41)12-10-26/h9-12,17,19,25,27,29H,8,13-16,18,20-24H2,1-7H3/b32-31-/t25-,29+/m1/s1. The van der Waals surface area contributed by atoms with Gasteiger partial charge in [0.05, 0.1) is 31.0 Å². The molecule has 15 heteroatoms. The van der Waals surface area contributed by atoms with Crippen molar-refractivity contribution in [1.82, 2.24) is 19.6 Å². The van der Waals surface area contributed by atoms with Gasteiger partial charge in [0.25, 0.3) is 5.91 Å². The number of rotatable bonds is 11. The summed E-state index contributed by atoms with van der Waals surface area (Å²) in [4.78, 5) is 43.3.